The van der Waals surface area contributed by atoms with Crippen LogP contribution in [0.2, 0.25) is 0 Å². The van der Waals surface area contributed by atoms with Crippen molar-refractivity contribution in [3.63, 3.8) is 0 Å². The predicted octanol–water partition coefficient (Wildman–Crippen LogP) is 1.75. The van der Waals surface area contributed by atoms with Crippen LogP contribution in [0.3, 0.4) is 0 Å². The Balaban J connectivity index is 2.35. The Bertz CT molecular complexity index is 255. The molecule has 0 aliphatic carbocycles. The third-order valence-electron chi connectivity index (χ3n) is 2.06. The van der Waals surface area contributed by atoms with Gasteiger partial charge in [-0.15, -0.1) is 11.3 Å². The van der Waals surface area contributed by atoms with E-state index in [1.165, 1.54) is 10.7 Å². The second kappa shape index (κ2) is 6.20. The molecule has 0 unspecified atom stereocenters. The zero-order valence-corrected chi connectivity index (χ0v) is 10.9. The molecule has 0 saturated carbocycles. The van der Waals surface area contributed by atoms with E-state index in [2.05, 4.69) is 48.5 Å². The molecule has 1 rings (SSSR count). The average Bonchev–Trinajstić information content (AvgIpc) is 2.59. The summed E-state index contributed by atoms with van der Waals surface area (Å²) in [5, 5.41) is 6.77. The summed E-state index contributed by atoms with van der Waals surface area (Å²) in [4.78, 5) is 6.77. The highest BCUT2D eigenvalue weighted by molar-refractivity contribution is 7.09. The second-order valence-corrected chi connectivity index (χ2v) is 5.26. The predicted molar refractivity (Wildman–Crippen MR) is 66.3 cm³/mol. The maximum absolute atomic E-state index is 4.58. The fourth-order valence-corrected chi connectivity index (χ4v) is 1.96. The molecule has 0 amide bonds. The van der Waals surface area contributed by atoms with Crippen molar-refractivity contribution in [3.8, 4) is 0 Å². The van der Waals surface area contributed by atoms with Crippen LogP contribution >= 0.6 is 11.3 Å². The van der Waals surface area contributed by atoms with Gasteiger partial charge < -0.3 is 10.2 Å². The molecular weight excluding hydrogens is 206 g/mol. The lowest BCUT2D eigenvalue weighted by Gasteiger charge is -2.07. The van der Waals surface area contributed by atoms with Crippen molar-refractivity contribution in [1.29, 1.82) is 0 Å². The van der Waals surface area contributed by atoms with Gasteiger partial charge in [-0.3, -0.25) is 0 Å². The molecule has 1 heterocycles. The van der Waals surface area contributed by atoms with Crippen LogP contribution in [0.4, 0.5) is 0 Å². The molecule has 1 aromatic heterocycles. The fourth-order valence-electron chi connectivity index (χ4n) is 1.17. The van der Waals surface area contributed by atoms with Gasteiger partial charge >= 0.3 is 0 Å². The van der Waals surface area contributed by atoms with Gasteiger partial charge in [0.1, 0.15) is 0 Å². The van der Waals surface area contributed by atoms with Crippen molar-refractivity contribution in [1.82, 2.24) is 15.2 Å². The molecule has 0 radical (unpaired) electrons. The van der Waals surface area contributed by atoms with Gasteiger partial charge in [0.25, 0.3) is 0 Å². The van der Waals surface area contributed by atoms with Crippen LogP contribution in [-0.4, -0.2) is 36.6 Å². The van der Waals surface area contributed by atoms with Gasteiger partial charge in [-0.05, 0) is 14.1 Å². The Kier molecular flexibility index (Phi) is 5.22. The monoisotopic (exact) mass is 227 g/mol. The number of hydrogen-bond acceptors (Lipinski definition) is 4. The number of likely N-dealkylation sites (N-methyl/N-ethyl adjacent to an activating group) is 1. The van der Waals surface area contributed by atoms with Crippen molar-refractivity contribution < 1.29 is 0 Å². The lowest BCUT2D eigenvalue weighted by Crippen LogP contribution is -2.22. The number of nitrogens with one attached hydrogen (secondary N) is 1. The normalized spacial score (nSPS) is 11.6. The van der Waals surface area contributed by atoms with E-state index in [0.717, 1.165) is 19.5 Å². The first-order valence-electron chi connectivity index (χ1n) is 5.39. The van der Waals surface area contributed by atoms with Crippen molar-refractivity contribution in [2.75, 3.05) is 20.6 Å². The van der Waals surface area contributed by atoms with Crippen molar-refractivity contribution >= 4 is 11.3 Å². The first kappa shape index (κ1) is 12.6. The Morgan fingerprint density at radius 3 is 2.80 bits per heavy atom. The molecule has 86 valence electrons. The molecule has 1 aromatic rings. The van der Waals surface area contributed by atoms with Gasteiger partial charge in [-0.1, -0.05) is 13.8 Å². The highest BCUT2D eigenvalue weighted by Crippen LogP contribution is 2.10. The quantitative estimate of drug-likeness (QED) is 0.802. The minimum absolute atomic E-state index is 0.525. The summed E-state index contributed by atoms with van der Waals surface area (Å²) in [6.45, 7) is 6.26. The van der Waals surface area contributed by atoms with Crippen LogP contribution in [0.25, 0.3) is 0 Å². The summed E-state index contributed by atoms with van der Waals surface area (Å²) in [5.41, 5.74) is 1.17. The molecule has 0 aromatic carbocycles. The van der Waals surface area contributed by atoms with E-state index in [9.17, 15) is 0 Å². The highest BCUT2D eigenvalue weighted by Gasteiger charge is 2.03. The fraction of sp³-hybridized carbons (Fsp3) is 0.727. The number of rotatable bonds is 6. The van der Waals surface area contributed by atoms with Crippen molar-refractivity contribution in [3.05, 3.63) is 16.1 Å². The van der Waals surface area contributed by atoms with E-state index in [0.29, 0.717) is 6.04 Å². The minimum atomic E-state index is 0.525. The summed E-state index contributed by atoms with van der Waals surface area (Å²) in [6, 6.07) is 0.525. The van der Waals surface area contributed by atoms with Crippen molar-refractivity contribution in [2.45, 2.75) is 32.9 Å². The summed E-state index contributed by atoms with van der Waals surface area (Å²) in [5.74, 6) is 0. The van der Waals surface area contributed by atoms with Crippen LogP contribution in [0.5, 0.6) is 0 Å². The molecule has 0 aliphatic rings. The van der Waals surface area contributed by atoms with Crippen LogP contribution in [0, 0.1) is 0 Å². The third kappa shape index (κ3) is 5.25. The standard InChI is InChI=1S/C11H21N3S/c1-9(2)12-7-10-8-15-11(13-10)5-6-14(3)4/h8-9,12H,5-7H2,1-4H3. The summed E-state index contributed by atoms with van der Waals surface area (Å²) in [6.07, 6.45) is 1.05. The van der Waals surface area contributed by atoms with E-state index >= 15 is 0 Å². The number of thiazole rings is 1. The molecule has 15 heavy (non-hydrogen) atoms. The third-order valence-corrected chi connectivity index (χ3v) is 3.02. The van der Waals surface area contributed by atoms with Crippen LogP contribution in [-0.2, 0) is 13.0 Å². The molecule has 0 saturated heterocycles. The van der Waals surface area contributed by atoms with E-state index in [1.54, 1.807) is 11.3 Å². The SMILES string of the molecule is CC(C)NCc1csc(CCN(C)C)n1. The van der Waals surface area contributed by atoms with Gasteiger partial charge in [0.2, 0.25) is 0 Å². The Labute approximate surface area is 96.5 Å². The van der Waals surface area contributed by atoms with E-state index < -0.39 is 0 Å². The van der Waals surface area contributed by atoms with Gasteiger partial charge in [0.15, 0.2) is 0 Å². The van der Waals surface area contributed by atoms with Crippen LogP contribution in [0.1, 0.15) is 24.5 Å². The molecule has 0 atom stereocenters. The van der Waals surface area contributed by atoms with Gasteiger partial charge in [-0.25, -0.2) is 4.98 Å². The molecule has 1 N–H and O–H groups in total. The molecule has 0 bridgehead atoms. The molecule has 0 spiro atoms. The number of nitrogens with zero attached hydrogens (tertiary/aromatic N) is 2. The van der Waals surface area contributed by atoms with Gasteiger partial charge in [0, 0.05) is 30.9 Å². The van der Waals surface area contributed by atoms with Crippen LogP contribution in [0.15, 0.2) is 5.38 Å². The molecule has 0 fully saturated rings. The van der Waals surface area contributed by atoms with Gasteiger partial charge in [-0.2, -0.15) is 0 Å². The maximum Gasteiger partial charge on any atom is 0.0941 e. The molecule has 4 heteroatoms. The maximum atomic E-state index is 4.58. The molecule has 3 nitrogen and oxygen atoms in total. The number of hydrogen-bond donors (Lipinski definition) is 1. The molecule has 0 aliphatic heterocycles. The van der Waals surface area contributed by atoms with Gasteiger partial charge in [0.05, 0.1) is 10.7 Å². The smallest absolute Gasteiger partial charge is 0.0941 e. The minimum Gasteiger partial charge on any atom is -0.309 e. The number of aromatic nitrogens is 1. The summed E-state index contributed by atoms with van der Waals surface area (Å²) >= 11 is 1.77. The largest absolute Gasteiger partial charge is 0.309 e. The Hall–Kier alpha value is -0.450. The zero-order valence-electron chi connectivity index (χ0n) is 10.1. The first-order valence-corrected chi connectivity index (χ1v) is 6.27. The highest BCUT2D eigenvalue weighted by atomic mass is 32.1. The van der Waals surface area contributed by atoms with E-state index in [-0.39, 0.29) is 0 Å². The Morgan fingerprint density at radius 2 is 2.20 bits per heavy atom. The second-order valence-electron chi connectivity index (χ2n) is 4.32. The van der Waals surface area contributed by atoms with E-state index in [1.807, 2.05) is 0 Å². The Morgan fingerprint density at radius 1 is 1.47 bits per heavy atom. The zero-order chi connectivity index (χ0) is 11.3. The topological polar surface area (TPSA) is 28.2 Å². The van der Waals surface area contributed by atoms with E-state index in [4.69, 9.17) is 0 Å². The van der Waals surface area contributed by atoms with Crippen LogP contribution < -0.4 is 5.32 Å². The van der Waals surface area contributed by atoms with Crippen molar-refractivity contribution in [2.24, 2.45) is 0 Å². The average molecular weight is 227 g/mol. The lowest BCUT2D eigenvalue weighted by atomic mass is 10.3. The summed E-state index contributed by atoms with van der Waals surface area (Å²) < 4.78 is 0. The lowest BCUT2D eigenvalue weighted by molar-refractivity contribution is 0.413. The summed E-state index contributed by atoms with van der Waals surface area (Å²) in [7, 11) is 4.18. The first-order chi connectivity index (χ1) is 7.08. The molecular formula is C11H21N3S.